The number of halogens is 3. The molecule has 0 aliphatic rings. The number of methoxy groups -OCH3 is 1. The molecule has 3 aromatic carbocycles. The highest BCUT2D eigenvalue weighted by Crippen LogP contribution is 2.36. The van der Waals surface area contributed by atoms with Crippen molar-refractivity contribution in [2.24, 2.45) is 0 Å². The Morgan fingerprint density at radius 1 is 0.879 bits per heavy atom. The second-order valence-electron chi connectivity index (χ2n) is 6.70. The van der Waals surface area contributed by atoms with Crippen molar-refractivity contribution in [1.29, 1.82) is 0 Å². The summed E-state index contributed by atoms with van der Waals surface area (Å²) in [5, 5.41) is 12.5. The van der Waals surface area contributed by atoms with Gasteiger partial charge in [0.1, 0.15) is 0 Å². The van der Waals surface area contributed by atoms with Crippen LogP contribution in [0.3, 0.4) is 0 Å². The van der Waals surface area contributed by atoms with E-state index >= 15 is 0 Å². The number of amides is 1. The topological polar surface area (TPSA) is 102 Å². The number of carbonyl (C=O) groups excluding carboxylic acids is 3. The maximum Gasteiger partial charge on any atom is 0.417 e. The maximum absolute atomic E-state index is 12.5. The number of ether oxygens (including phenoxy) is 2. The molecule has 0 aliphatic carbocycles. The minimum Gasteiger partial charge on any atom is -0.504 e. The SMILES string of the molecule is COc1cc(C(=O)CC(=O)c2ccc(NC(=O)Oc3c(Cl)cc(Cl)cc3Cl)cc2)ccc1O. The normalized spacial score (nSPS) is 10.4. The number of Topliss-reactive ketones (excluding diaryl/α,β-unsaturated/α-hetero) is 2. The quantitative estimate of drug-likeness (QED) is 0.282. The van der Waals surface area contributed by atoms with Crippen LogP contribution in [0.2, 0.25) is 15.1 Å². The van der Waals surface area contributed by atoms with Crippen molar-refractivity contribution in [3.8, 4) is 17.2 Å². The minimum absolute atomic E-state index is 0.0450. The first-order chi connectivity index (χ1) is 15.7. The largest absolute Gasteiger partial charge is 0.504 e. The van der Waals surface area contributed by atoms with Crippen LogP contribution in [0, 0.1) is 0 Å². The number of aromatic hydroxyl groups is 1. The smallest absolute Gasteiger partial charge is 0.417 e. The van der Waals surface area contributed by atoms with Gasteiger partial charge in [0.25, 0.3) is 0 Å². The second-order valence-corrected chi connectivity index (χ2v) is 7.95. The Hall–Kier alpha value is -3.26. The molecule has 0 bridgehead atoms. The molecule has 0 saturated carbocycles. The Balaban J connectivity index is 1.62. The van der Waals surface area contributed by atoms with Crippen molar-refractivity contribution in [3.63, 3.8) is 0 Å². The summed E-state index contributed by atoms with van der Waals surface area (Å²) in [5.41, 5.74) is 0.850. The number of ketones is 2. The van der Waals surface area contributed by atoms with Crippen molar-refractivity contribution in [2.75, 3.05) is 12.4 Å². The third-order valence-electron chi connectivity index (χ3n) is 4.43. The molecule has 170 valence electrons. The van der Waals surface area contributed by atoms with E-state index in [9.17, 15) is 19.5 Å². The van der Waals surface area contributed by atoms with E-state index in [1.165, 1.54) is 61.7 Å². The number of phenolic OH excluding ortho intramolecular Hbond substituents is 1. The lowest BCUT2D eigenvalue weighted by atomic mass is 10.0. The van der Waals surface area contributed by atoms with Gasteiger partial charge in [0.15, 0.2) is 28.8 Å². The zero-order valence-electron chi connectivity index (χ0n) is 17.0. The molecule has 1 amide bonds. The van der Waals surface area contributed by atoms with E-state index in [-0.39, 0.29) is 44.8 Å². The molecule has 0 heterocycles. The Morgan fingerprint density at radius 3 is 2.06 bits per heavy atom. The molecule has 0 saturated heterocycles. The average molecular weight is 509 g/mol. The van der Waals surface area contributed by atoms with Gasteiger partial charge in [-0.25, -0.2) is 4.79 Å². The van der Waals surface area contributed by atoms with Crippen LogP contribution < -0.4 is 14.8 Å². The molecule has 0 atom stereocenters. The lowest BCUT2D eigenvalue weighted by molar-refractivity contribution is 0.0894. The summed E-state index contributed by atoms with van der Waals surface area (Å²) in [4.78, 5) is 37.0. The van der Waals surface area contributed by atoms with E-state index in [1.54, 1.807) is 0 Å². The number of nitrogens with one attached hydrogen (secondary N) is 1. The Labute approximate surface area is 203 Å². The molecule has 0 aromatic heterocycles. The highest BCUT2D eigenvalue weighted by molar-refractivity contribution is 6.40. The average Bonchev–Trinajstić information content (AvgIpc) is 2.77. The molecule has 0 radical (unpaired) electrons. The number of carbonyl (C=O) groups is 3. The summed E-state index contributed by atoms with van der Waals surface area (Å²) in [6, 6.07) is 12.7. The number of hydrogen-bond acceptors (Lipinski definition) is 6. The predicted octanol–water partition coefficient (Wildman–Crippen LogP) is 6.43. The molecule has 0 fully saturated rings. The molecule has 2 N–H and O–H groups in total. The van der Waals surface area contributed by atoms with Crippen molar-refractivity contribution in [2.45, 2.75) is 6.42 Å². The summed E-state index contributed by atoms with van der Waals surface area (Å²) in [7, 11) is 1.36. The van der Waals surface area contributed by atoms with Gasteiger partial charge >= 0.3 is 6.09 Å². The summed E-state index contributed by atoms with van der Waals surface area (Å²) < 4.78 is 10.1. The van der Waals surface area contributed by atoms with Crippen LogP contribution in [0.15, 0.2) is 54.6 Å². The number of anilines is 1. The summed E-state index contributed by atoms with van der Waals surface area (Å²) in [6.45, 7) is 0. The summed E-state index contributed by atoms with van der Waals surface area (Å²) >= 11 is 17.8. The molecule has 0 unspecified atom stereocenters. The van der Waals surface area contributed by atoms with Crippen molar-refractivity contribution in [3.05, 3.63) is 80.8 Å². The van der Waals surface area contributed by atoms with Crippen molar-refractivity contribution in [1.82, 2.24) is 0 Å². The van der Waals surface area contributed by atoms with E-state index in [0.717, 1.165) is 0 Å². The number of hydrogen-bond donors (Lipinski definition) is 2. The van der Waals surface area contributed by atoms with Crippen LogP contribution in [-0.4, -0.2) is 29.9 Å². The monoisotopic (exact) mass is 507 g/mol. The molecular weight excluding hydrogens is 493 g/mol. The number of rotatable bonds is 7. The van der Waals surface area contributed by atoms with Crippen LogP contribution in [-0.2, 0) is 0 Å². The van der Waals surface area contributed by atoms with Crippen molar-refractivity contribution >= 4 is 58.1 Å². The van der Waals surface area contributed by atoms with Crippen LogP contribution in [0.4, 0.5) is 10.5 Å². The molecule has 33 heavy (non-hydrogen) atoms. The van der Waals surface area contributed by atoms with E-state index in [1.807, 2.05) is 0 Å². The first kappa shape index (κ1) is 24.4. The van der Waals surface area contributed by atoms with Crippen LogP contribution >= 0.6 is 34.8 Å². The summed E-state index contributed by atoms with van der Waals surface area (Å²) in [6.07, 6.45) is -1.23. The first-order valence-electron chi connectivity index (χ1n) is 9.34. The third kappa shape index (κ3) is 6.16. The zero-order valence-corrected chi connectivity index (χ0v) is 19.3. The van der Waals surface area contributed by atoms with Crippen LogP contribution in [0.5, 0.6) is 17.2 Å². The molecule has 0 aliphatic heterocycles. The van der Waals surface area contributed by atoms with E-state index in [0.29, 0.717) is 10.7 Å². The highest BCUT2D eigenvalue weighted by atomic mass is 35.5. The molecule has 3 aromatic rings. The van der Waals surface area contributed by atoms with E-state index in [4.69, 9.17) is 44.3 Å². The number of phenols is 1. The standard InChI is InChI=1S/C23H16Cl3NO6/c1-32-21-8-13(4-7-18(21)28)20(30)11-19(29)12-2-5-15(6-3-12)27-23(31)33-22-16(25)9-14(24)10-17(22)26/h2-10,28H,11H2,1H3,(H,27,31). The Kier molecular flexibility index (Phi) is 7.81. The molecule has 0 spiro atoms. The van der Waals surface area contributed by atoms with E-state index in [2.05, 4.69) is 5.32 Å². The van der Waals surface area contributed by atoms with Gasteiger partial charge < -0.3 is 14.6 Å². The Morgan fingerprint density at radius 2 is 1.45 bits per heavy atom. The predicted molar refractivity (Wildman–Crippen MR) is 125 cm³/mol. The van der Waals surface area contributed by atoms with Crippen LogP contribution in [0.25, 0.3) is 0 Å². The van der Waals surface area contributed by atoms with Gasteiger partial charge in [-0.3, -0.25) is 14.9 Å². The maximum atomic E-state index is 12.5. The third-order valence-corrected chi connectivity index (χ3v) is 5.21. The first-order valence-corrected chi connectivity index (χ1v) is 10.5. The lowest BCUT2D eigenvalue weighted by Gasteiger charge is -2.10. The fraction of sp³-hybridized carbons (Fsp3) is 0.0870. The fourth-order valence-corrected chi connectivity index (χ4v) is 3.70. The molecule has 3 rings (SSSR count). The zero-order chi connectivity index (χ0) is 24.1. The van der Waals surface area contributed by atoms with Gasteiger partial charge in [-0.15, -0.1) is 0 Å². The molecular formula is C23H16Cl3NO6. The fourth-order valence-electron chi connectivity index (χ4n) is 2.80. The molecule has 7 nitrogen and oxygen atoms in total. The van der Waals surface area contributed by atoms with Gasteiger partial charge in [-0.2, -0.15) is 0 Å². The van der Waals surface area contributed by atoms with Gasteiger partial charge in [0, 0.05) is 21.8 Å². The lowest BCUT2D eigenvalue weighted by Crippen LogP contribution is -2.17. The van der Waals surface area contributed by atoms with E-state index < -0.39 is 17.7 Å². The number of benzene rings is 3. The minimum atomic E-state index is -0.850. The van der Waals surface area contributed by atoms with Crippen molar-refractivity contribution < 1.29 is 29.0 Å². The van der Waals surface area contributed by atoms with Gasteiger partial charge in [-0.05, 0) is 54.6 Å². The van der Waals surface area contributed by atoms with Gasteiger partial charge in [0.05, 0.1) is 23.6 Å². The van der Waals surface area contributed by atoms with Gasteiger partial charge in [0.2, 0.25) is 0 Å². The molecule has 10 heteroatoms. The van der Waals surface area contributed by atoms with Gasteiger partial charge in [-0.1, -0.05) is 34.8 Å². The highest BCUT2D eigenvalue weighted by Gasteiger charge is 2.17. The second kappa shape index (κ2) is 10.6. The Bertz CT molecular complexity index is 1200. The van der Waals surface area contributed by atoms with Crippen LogP contribution in [0.1, 0.15) is 27.1 Å². The summed E-state index contributed by atoms with van der Waals surface area (Å²) in [5.74, 6) is -0.863.